The van der Waals surface area contributed by atoms with E-state index >= 15 is 0 Å². The van der Waals surface area contributed by atoms with E-state index in [1.165, 1.54) is 0 Å². The molecule has 4 nitrogen and oxygen atoms in total. The number of benzene rings is 2. The second kappa shape index (κ2) is 5.81. The molecule has 22 heavy (non-hydrogen) atoms. The lowest BCUT2D eigenvalue weighted by Crippen LogP contribution is -2.26. The molecule has 5 heteroatoms. The molecule has 2 aromatic rings. The second-order valence-electron chi connectivity index (χ2n) is 5.42. The zero-order valence-corrected chi connectivity index (χ0v) is 12.5. The van der Waals surface area contributed by atoms with Gasteiger partial charge in [-0.25, -0.2) is 0 Å². The van der Waals surface area contributed by atoms with E-state index in [1.807, 2.05) is 24.3 Å². The lowest BCUT2D eigenvalue weighted by atomic mass is 10.1. The number of amides is 2. The van der Waals surface area contributed by atoms with E-state index in [0.29, 0.717) is 22.1 Å². The standard InChI is InChI=1S/C17H15ClN2O2/c18-13-3-1-2-12(8-13)14-9-15(14)20-17(22)11-6-4-10(5-7-11)16(19)21/h1-8,14-15H,9H2,(H2,19,21)(H,20,22)/t14-,15+/m1/s1. The Morgan fingerprint density at radius 3 is 2.41 bits per heavy atom. The molecule has 0 saturated heterocycles. The number of primary amides is 1. The predicted molar refractivity (Wildman–Crippen MR) is 85.0 cm³/mol. The quantitative estimate of drug-likeness (QED) is 0.910. The molecule has 1 aliphatic rings. The maximum absolute atomic E-state index is 12.2. The molecule has 3 N–H and O–H groups in total. The molecule has 0 aromatic heterocycles. The average molecular weight is 315 g/mol. The van der Waals surface area contributed by atoms with Crippen molar-refractivity contribution in [1.82, 2.24) is 5.32 Å². The Morgan fingerprint density at radius 2 is 1.77 bits per heavy atom. The van der Waals surface area contributed by atoms with Crippen LogP contribution in [0, 0.1) is 0 Å². The van der Waals surface area contributed by atoms with Crippen molar-refractivity contribution in [2.24, 2.45) is 5.73 Å². The highest BCUT2D eigenvalue weighted by Crippen LogP contribution is 2.41. The molecule has 2 atom stereocenters. The third-order valence-corrected chi connectivity index (χ3v) is 4.05. The van der Waals surface area contributed by atoms with Crippen molar-refractivity contribution in [1.29, 1.82) is 0 Å². The van der Waals surface area contributed by atoms with Crippen molar-refractivity contribution in [3.63, 3.8) is 0 Å². The molecular formula is C17H15ClN2O2. The van der Waals surface area contributed by atoms with Crippen LogP contribution in [0.1, 0.15) is 38.6 Å². The highest BCUT2D eigenvalue weighted by molar-refractivity contribution is 6.30. The average Bonchev–Trinajstić information content (AvgIpc) is 3.26. The van der Waals surface area contributed by atoms with Crippen LogP contribution in [-0.4, -0.2) is 17.9 Å². The lowest BCUT2D eigenvalue weighted by molar-refractivity contribution is 0.0947. The number of nitrogens with two attached hydrogens (primary N) is 1. The van der Waals surface area contributed by atoms with Gasteiger partial charge in [-0.3, -0.25) is 9.59 Å². The van der Waals surface area contributed by atoms with Crippen molar-refractivity contribution < 1.29 is 9.59 Å². The number of nitrogens with one attached hydrogen (secondary N) is 1. The molecule has 2 amide bonds. The van der Waals surface area contributed by atoms with Crippen molar-refractivity contribution >= 4 is 23.4 Å². The fourth-order valence-electron chi connectivity index (χ4n) is 2.50. The van der Waals surface area contributed by atoms with E-state index < -0.39 is 5.91 Å². The maximum atomic E-state index is 12.2. The number of carbonyl (C=O) groups is 2. The van der Waals surface area contributed by atoms with Crippen LogP contribution in [0.5, 0.6) is 0 Å². The predicted octanol–water partition coefficient (Wildman–Crippen LogP) is 2.72. The van der Waals surface area contributed by atoms with Crippen LogP contribution < -0.4 is 11.1 Å². The van der Waals surface area contributed by atoms with Gasteiger partial charge in [0, 0.05) is 28.1 Å². The molecule has 112 valence electrons. The van der Waals surface area contributed by atoms with E-state index in [4.69, 9.17) is 17.3 Å². The summed E-state index contributed by atoms with van der Waals surface area (Å²) in [5, 5.41) is 3.69. The minimum Gasteiger partial charge on any atom is -0.366 e. The van der Waals surface area contributed by atoms with Crippen molar-refractivity contribution in [3.8, 4) is 0 Å². The Hall–Kier alpha value is -2.33. The van der Waals surface area contributed by atoms with Crippen molar-refractivity contribution in [2.45, 2.75) is 18.4 Å². The summed E-state index contributed by atoms with van der Waals surface area (Å²) in [5.74, 6) is -0.340. The first-order chi connectivity index (χ1) is 10.5. The number of hydrogen-bond acceptors (Lipinski definition) is 2. The van der Waals surface area contributed by atoms with Gasteiger partial charge in [-0.2, -0.15) is 0 Å². The minimum atomic E-state index is -0.504. The van der Waals surface area contributed by atoms with Crippen LogP contribution in [0.15, 0.2) is 48.5 Å². The number of hydrogen-bond donors (Lipinski definition) is 2. The topological polar surface area (TPSA) is 72.2 Å². The first kappa shape index (κ1) is 14.6. The zero-order chi connectivity index (χ0) is 15.7. The Morgan fingerprint density at radius 1 is 1.09 bits per heavy atom. The van der Waals surface area contributed by atoms with Crippen molar-refractivity contribution in [3.05, 3.63) is 70.2 Å². The van der Waals surface area contributed by atoms with E-state index in [0.717, 1.165) is 12.0 Å². The molecule has 0 unspecified atom stereocenters. The fraction of sp³-hybridized carbons (Fsp3) is 0.176. The highest BCUT2D eigenvalue weighted by Gasteiger charge is 2.39. The second-order valence-corrected chi connectivity index (χ2v) is 5.86. The van der Waals surface area contributed by atoms with E-state index in [1.54, 1.807) is 24.3 Å². The highest BCUT2D eigenvalue weighted by atomic mass is 35.5. The van der Waals surface area contributed by atoms with Crippen LogP contribution in [0.4, 0.5) is 0 Å². The number of halogens is 1. The first-order valence-corrected chi connectivity index (χ1v) is 7.38. The number of rotatable bonds is 4. The molecule has 0 bridgehead atoms. The normalized spacial score (nSPS) is 19.5. The minimum absolute atomic E-state index is 0.127. The Balaban J connectivity index is 1.62. The summed E-state index contributed by atoms with van der Waals surface area (Å²) in [6, 6.07) is 14.1. The van der Waals surface area contributed by atoms with Crippen LogP contribution in [0.3, 0.4) is 0 Å². The summed E-state index contributed by atoms with van der Waals surface area (Å²) in [4.78, 5) is 23.2. The van der Waals surface area contributed by atoms with Gasteiger partial charge in [0.15, 0.2) is 0 Å². The maximum Gasteiger partial charge on any atom is 0.251 e. The van der Waals surface area contributed by atoms with Crippen LogP contribution >= 0.6 is 11.6 Å². The summed E-state index contributed by atoms with van der Waals surface area (Å²) in [7, 11) is 0. The SMILES string of the molecule is NC(=O)c1ccc(C(=O)N[C@H]2C[C@@H]2c2cccc(Cl)c2)cc1. The van der Waals surface area contributed by atoms with Gasteiger partial charge < -0.3 is 11.1 Å². The molecule has 1 aliphatic carbocycles. The van der Waals surface area contributed by atoms with E-state index in [2.05, 4.69) is 5.32 Å². The molecule has 1 fully saturated rings. The lowest BCUT2D eigenvalue weighted by Gasteiger charge is -2.06. The fourth-order valence-corrected chi connectivity index (χ4v) is 2.70. The van der Waals surface area contributed by atoms with Gasteiger partial charge in [0.25, 0.3) is 5.91 Å². The third kappa shape index (κ3) is 3.12. The summed E-state index contributed by atoms with van der Waals surface area (Å²) in [6.07, 6.45) is 0.908. The summed E-state index contributed by atoms with van der Waals surface area (Å²) in [6.45, 7) is 0. The summed E-state index contributed by atoms with van der Waals surface area (Å²) in [5.41, 5.74) is 7.22. The van der Waals surface area contributed by atoms with Gasteiger partial charge >= 0.3 is 0 Å². The van der Waals surface area contributed by atoms with E-state index in [9.17, 15) is 9.59 Å². The van der Waals surface area contributed by atoms with Gasteiger partial charge in [0.1, 0.15) is 0 Å². The van der Waals surface area contributed by atoms with Crippen LogP contribution in [-0.2, 0) is 0 Å². The van der Waals surface area contributed by atoms with Crippen molar-refractivity contribution in [2.75, 3.05) is 0 Å². The molecule has 0 spiro atoms. The van der Waals surface area contributed by atoms with Gasteiger partial charge in [-0.1, -0.05) is 23.7 Å². The summed E-state index contributed by atoms with van der Waals surface area (Å²) < 4.78 is 0. The monoisotopic (exact) mass is 314 g/mol. The Labute approximate surface area is 133 Å². The Kier molecular flexibility index (Phi) is 3.86. The number of carbonyl (C=O) groups excluding carboxylic acids is 2. The molecule has 1 saturated carbocycles. The molecular weight excluding hydrogens is 300 g/mol. The molecule has 0 heterocycles. The van der Waals surface area contributed by atoms with Gasteiger partial charge in [0.2, 0.25) is 5.91 Å². The molecule has 3 rings (SSSR count). The van der Waals surface area contributed by atoms with Crippen LogP contribution in [0.25, 0.3) is 0 Å². The molecule has 2 aromatic carbocycles. The molecule has 0 aliphatic heterocycles. The molecule has 0 radical (unpaired) electrons. The summed E-state index contributed by atoms with van der Waals surface area (Å²) >= 11 is 5.98. The first-order valence-electron chi connectivity index (χ1n) is 7.01. The van der Waals surface area contributed by atoms with Gasteiger partial charge in [0.05, 0.1) is 0 Å². The van der Waals surface area contributed by atoms with E-state index in [-0.39, 0.29) is 11.9 Å². The smallest absolute Gasteiger partial charge is 0.251 e. The van der Waals surface area contributed by atoms with Gasteiger partial charge in [-0.15, -0.1) is 0 Å². The zero-order valence-electron chi connectivity index (χ0n) is 11.8. The largest absolute Gasteiger partial charge is 0.366 e. The third-order valence-electron chi connectivity index (χ3n) is 3.82. The van der Waals surface area contributed by atoms with Crippen LogP contribution in [0.2, 0.25) is 5.02 Å². The Bertz CT molecular complexity index is 728. The van der Waals surface area contributed by atoms with Gasteiger partial charge in [-0.05, 0) is 48.4 Å².